The summed E-state index contributed by atoms with van der Waals surface area (Å²) < 4.78 is 0. The maximum absolute atomic E-state index is 2.29. The topological polar surface area (TPSA) is 0 Å². The highest BCUT2D eigenvalue weighted by molar-refractivity contribution is 5.88. The second-order valence-electron chi connectivity index (χ2n) is 4.55. The van der Waals surface area contributed by atoms with Crippen molar-refractivity contribution < 1.29 is 0 Å². The Labute approximate surface area is 102 Å². The van der Waals surface area contributed by atoms with Gasteiger partial charge in [0.05, 0.1) is 0 Å². The fourth-order valence-corrected chi connectivity index (χ4v) is 2.30. The summed E-state index contributed by atoms with van der Waals surface area (Å²) >= 11 is 0. The Morgan fingerprint density at radius 3 is 2.59 bits per heavy atom. The van der Waals surface area contributed by atoms with E-state index in [1.54, 1.807) is 0 Å². The van der Waals surface area contributed by atoms with Crippen LogP contribution in [0.1, 0.15) is 18.9 Å². The molecule has 0 heteroatoms. The van der Waals surface area contributed by atoms with Crippen molar-refractivity contribution in [2.75, 3.05) is 0 Å². The molecule has 0 fully saturated rings. The van der Waals surface area contributed by atoms with Crippen LogP contribution in [0.5, 0.6) is 0 Å². The summed E-state index contributed by atoms with van der Waals surface area (Å²) in [5, 5.41) is 2.62. The van der Waals surface area contributed by atoms with Crippen LogP contribution in [0.15, 0.2) is 60.2 Å². The Balaban J connectivity index is 2.09. The highest BCUT2D eigenvalue weighted by Gasteiger charge is 2.06. The van der Waals surface area contributed by atoms with Crippen LogP contribution in [0.2, 0.25) is 0 Å². The lowest BCUT2D eigenvalue weighted by atomic mass is 9.93. The second kappa shape index (κ2) is 4.21. The van der Waals surface area contributed by atoms with Gasteiger partial charge in [-0.25, -0.2) is 0 Å². The summed E-state index contributed by atoms with van der Waals surface area (Å²) in [6.45, 7) is 2.16. The standard InChI is InChI=1S/C17H15/c1-13-5-4-8-15(11-13)17-10-9-14-6-2-3-7-16(14)12-17/h2-3,5-12H,4H2,1H3. The van der Waals surface area contributed by atoms with Gasteiger partial charge in [0.1, 0.15) is 0 Å². The van der Waals surface area contributed by atoms with Crippen molar-refractivity contribution in [1.29, 1.82) is 0 Å². The lowest BCUT2D eigenvalue weighted by Crippen LogP contribution is -1.91. The van der Waals surface area contributed by atoms with E-state index in [-0.39, 0.29) is 0 Å². The molecule has 0 aromatic heterocycles. The third kappa shape index (κ3) is 2.03. The second-order valence-corrected chi connectivity index (χ2v) is 4.55. The van der Waals surface area contributed by atoms with Gasteiger partial charge in [-0.05, 0) is 47.7 Å². The largest absolute Gasteiger partial charge is 0.0810 e. The minimum atomic E-state index is 1.05. The molecule has 0 bridgehead atoms. The van der Waals surface area contributed by atoms with E-state index >= 15 is 0 Å². The van der Waals surface area contributed by atoms with Crippen LogP contribution in [-0.2, 0) is 0 Å². The summed E-state index contributed by atoms with van der Waals surface area (Å²) in [6.07, 6.45) is 7.85. The highest BCUT2D eigenvalue weighted by atomic mass is 14.1. The molecule has 3 rings (SSSR count). The third-order valence-electron chi connectivity index (χ3n) is 3.24. The summed E-state index contributed by atoms with van der Waals surface area (Å²) in [6, 6.07) is 15.2. The van der Waals surface area contributed by atoms with E-state index in [1.165, 1.54) is 27.5 Å². The van der Waals surface area contributed by atoms with Crippen molar-refractivity contribution in [3.63, 3.8) is 0 Å². The molecule has 0 saturated carbocycles. The van der Waals surface area contributed by atoms with Crippen LogP contribution in [0.25, 0.3) is 16.3 Å². The molecule has 0 nitrogen and oxygen atoms in total. The van der Waals surface area contributed by atoms with Gasteiger partial charge in [0, 0.05) is 0 Å². The summed E-state index contributed by atoms with van der Waals surface area (Å²) in [5.41, 5.74) is 4.02. The molecule has 2 aromatic carbocycles. The average Bonchev–Trinajstić information content (AvgIpc) is 2.38. The predicted octanol–water partition coefficient (Wildman–Crippen LogP) is 4.78. The lowest BCUT2D eigenvalue weighted by molar-refractivity contribution is 1.23. The minimum Gasteiger partial charge on any atom is -0.0810 e. The van der Waals surface area contributed by atoms with E-state index in [4.69, 9.17) is 0 Å². The average molecular weight is 219 g/mol. The van der Waals surface area contributed by atoms with E-state index in [1.807, 2.05) is 0 Å². The molecule has 0 N–H and O–H groups in total. The molecule has 0 atom stereocenters. The highest BCUT2D eigenvalue weighted by Crippen LogP contribution is 2.27. The van der Waals surface area contributed by atoms with Crippen LogP contribution in [0.3, 0.4) is 0 Å². The van der Waals surface area contributed by atoms with E-state index < -0.39 is 0 Å². The summed E-state index contributed by atoms with van der Waals surface area (Å²) in [7, 11) is 0. The quantitative estimate of drug-likeness (QED) is 0.647. The maximum atomic E-state index is 2.29. The molecular weight excluding hydrogens is 204 g/mol. The molecule has 17 heavy (non-hydrogen) atoms. The van der Waals surface area contributed by atoms with Crippen molar-refractivity contribution in [2.24, 2.45) is 0 Å². The first-order chi connectivity index (χ1) is 8.33. The first kappa shape index (κ1) is 10.3. The Morgan fingerprint density at radius 1 is 0.941 bits per heavy atom. The zero-order valence-corrected chi connectivity index (χ0v) is 9.98. The van der Waals surface area contributed by atoms with Crippen molar-refractivity contribution in [3.8, 4) is 0 Å². The van der Waals surface area contributed by atoms with Crippen molar-refractivity contribution in [1.82, 2.24) is 0 Å². The molecule has 83 valence electrons. The van der Waals surface area contributed by atoms with Crippen LogP contribution in [0, 0.1) is 6.42 Å². The normalized spacial score (nSPS) is 15.6. The van der Waals surface area contributed by atoms with Gasteiger partial charge < -0.3 is 0 Å². The molecular formula is C17H15. The summed E-state index contributed by atoms with van der Waals surface area (Å²) in [5.74, 6) is 0. The van der Waals surface area contributed by atoms with Gasteiger partial charge in [-0.15, -0.1) is 0 Å². The molecule has 1 radical (unpaired) electrons. The van der Waals surface area contributed by atoms with Gasteiger partial charge in [-0.3, -0.25) is 0 Å². The van der Waals surface area contributed by atoms with Crippen molar-refractivity contribution in [3.05, 3.63) is 72.2 Å². The number of rotatable bonds is 1. The molecule has 0 unspecified atom stereocenters. The smallest absolute Gasteiger partial charge is 0.00491 e. The Kier molecular flexibility index (Phi) is 2.56. The first-order valence-corrected chi connectivity index (χ1v) is 6.04. The van der Waals surface area contributed by atoms with Crippen LogP contribution >= 0.6 is 0 Å². The number of fused-ring (bicyclic) bond motifs is 1. The first-order valence-electron chi connectivity index (χ1n) is 6.04. The maximum Gasteiger partial charge on any atom is -0.00491 e. The zero-order valence-electron chi connectivity index (χ0n) is 9.98. The van der Waals surface area contributed by atoms with Crippen molar-refractivity contribution in [2.45, 2.75) is 13.3 Å². The fraction of sp³-hybridized carbons (Fsp3) is 0.118. The molecule has 0 aliphatic heterocycles. The van der Waals surface area contributed by atoms with Gasteiger partial charge in [0.15, 0.2) is 0 Å². The molecule has 0 heterocycles. The van der Waals surface area contributed by atoms with Gasteiger partial charge in [0.2, 0.25) is 0 Å². The van der Waals surface area contributed by atoms with E-state index in [2.05, 4.69) is 68.0 Å². The number of benzene rings is 2. The SMILES string of the molecule is CC1=CC[CH]C(c2ccc3ccccc3c2)=C1. The van der Waals surface area contributed by atoms with Gasteiger partial charge in [-0.1, -0.05) is 54.1 Å². The molecule has 2 aromatic rings. The minimum absolute atomic E-state index is 1.05. The molecule has 0 amide bonds. The van der Waals surface area contributed by atoms with Crippen LogP contribution in [0.4, 0.5) is 0 Å². The Morgan fingerprint density at radius 2 is 1.76 bits per heavy atom. The number of hydrogen-bond donors (Lipinski definition) is 0. The number of allylic oxidation sites excluding steroid dienone is 4. The van der Waals surface area contributed by atoms with E-state index in [0.29, 0.717) is 0 Å². The lowest BCUT2D eigenvalue weighted by Gasteiger charge is -2.12. The number of hydrogen-bond acceptors (Lipinski definition) is 0. The van der Waals surface area contributed by atoms with E-state index in [0.717, 1.165) is 6.42 Å². The monoisotopic (exact) mass is 219 g/mol. The molecule has 0 saturated heterocycles. The predicted molar refractivity (Wildman–Crippen MR) is 74.6 cm³/mol. The molecule has 1 aliphatic rings. The van der Waals surface area contributed by atoms with E-state index in [9.17, 15) is 0 Å². The van der Waals surface area contributed by atoms with Crippen molar-refractivity contribution >= 4 is 16.3 Å². The van der Waals surface area contributed by atoms with Gasteiger partial charge in [0.25, 0.3) is 0 Å². The molecule has 0 spiro atoms. The Bertz CT molecular complexity index is 615. The van der Waals surface area contributed by atoms with Crippen LogP contribution in [-0.4, -0.2) is 0 Å². The Hall–Kier alpha value is -1.82. The summed E-state index contributed by atoms with van der Waals surface area (Å²) in [4.78, 5) is 0. The van der Waals surface area contributed by atoms with Gasteiger partial charge in [-0.2, -0.15) is 0 Å². The third-order valence-corrected chi connectivity index (χ3v) is 3.24. The van der Waals surface area contributed by atoms with Gasteiger partial charge >= 0.3 is 0 Å². The van der Waals surface area contributed by atoms with Crippen LogP contribution < -0.4 is 0 Å². The fourth-order valence-electron chi connectivity index (χ4n) is 2.30. The molecule has 1 aliphatic carbocycles. The zero-order chi connectivity index (χ0) is 11.7.